The molecule has 6 heteroatoms. The summed E-state index contributed by atoms with van der Waals surface area (Å²) in [6.07, 6.45) is 6.48. The van der Waals surface area contributed by atoms with Crippen LogP contribution in [0.25, 0.3) is 5.65 Å². The maximum Gasteiger partial charge on any atom is 0.180 e. The predicted octanol–water partition coefficient (Wildman–Crippen LogP) is 3.08. The molecule has 0 atom stereocenters. The Kier molecular flexibility index (Phi) is 3.92. The molecule has 5 nitrogen and oxygen atoms in total. The van der Waals surface area contributed by atoms with Crippen molar-refractivity contribution in [2.75, 3.05) is 24.2 Å². The minimum absolute atomic E-state index is 0.759. The highest BCUT2D eigenvalue weighted by molar-refractivity contribution is 6.30. The quantitative estimate of drug-likeness (QED) is 0.760. The van der Waals surface area contributed by atoms with Gasteiger partial charge in [0.25, 0.3) is 0 Å². The van der Waals surface area contributed by atoms with E-state index in [0.29, 0.717) is 0 Å². The third kappa shape index (κ3) is 3.08. The lowest BCUT2D eigenvalue weighted by Gasteiger charge is -2.09. The third-order valence-electron chi connectivity index (χ3n) is 3.25. The smallest absolute Gasteiger partial charge is 0.180 e. The second-order valence-electron chi connectivity index (χ2n) is 4.69. The molecular weight excluding hydrogens is 286 g/mol. The van der Waals surface area contributed by atoms with Crippen molar-refractivity contribution in [3.63, 3.8) is 0 Å². The highest BCUT2D eigenvalue weighted by Gasteiger charge is 2.06. The van der Waals surface area contributed by atoms with E-state index in [-0.39, 0.29) is 0 Å². The van der Waals surface area contributed by atoms with Gasteiger partial charge in [-0.05, 0) is 24.1 Å². The van der Waals surface area contributed by atoms with Gasteiger partial charge in [0, 0.05) is 31.0 Å². The molecule has 2 N–H and O–H groups in total. The largest absolute Gasteiger partial charge is 0.372 e. The number of benzene rings is 1. The van der Waals surface area contributed by atoms with Crippen LogP contribution in [0.15, 0.2) is 42.9 Å². The molecule has 0 radical (unpaired) electrons. The van der Waals surface area contributed by atoms with Crippen molar-refractivity contribution in [2.45, 2.75) is 6.42 Å². The first-order chi connectivity index (χ1) is 10.3. The lowest BCUT2D eigenvalue weighted by molar-refractivity contribution is 0.998. The summed E-state index contributed by atoms with van der Waals surface area (Å²) >= 11 is 5.88. The molecule has 0 bridgehead atoms. The maximum atomic E-state index is 5.88. The molecule has 108 valence electrons. The molecule has 0 spiro atoms. The summed E-state index contributed by atoms with van der Waals surface area (Å²) in [6.45, 7) is 0.782. The van der Waals surface area contributed by atoms with E-state index in [2.05, 4.69) is 20.6 Å². The first-order valence-corrected chi connectivity index (χ1v) is 7.14. The number of fused-ring (bicyclic) bond motifs is 1. The van der Waals surface area contributed by atoms with Gasteiger partial charge in [0.15, 0.2) is 11.5 Å². The lowest BCUT2D eigenvalue weighted by Crippen LogP contribution is -2.09. The molecule has 0 saturated carbocycles. The number of hydrogen-bond donors (Lipinski definition) is 2. The molecule has 0 amide bonds. The van der Waals surface area contributed by atoms with Gasteiger partial charge in [0.1, 0.15) is 5.82 Å². The molecule has 0 saturated heterocycles. The predicted molar refractivity (Wildman–Crippen MR) is 86.2 cm³/mol. The van der Waals surface area contributed by atoms with E-state index in [4.69, 9.17) is 11.6 Å². The molecule has 0 aliphatic rings. The van der Waals surface area contributed by atoms with Crippen molar-refractivity contribution >= 4 is 28.9 Å². The maximum absolute atomic E-state index is 5.88. The molecule has 1 aromatic carbocycles. The van der Waals surface area contributed by atoms with E-state index in [9.17, 15) is 0 Å². The average molecular weight is 302 g/mol. The van der Waals surface area contributed by atoms with Crippen molar-refractivity contribution < 1.29 is 0 Å². The first-order valence-electron chi connectivity index (χ1n) is 6.76. The SMILES string of the molecule is CNc1cn2ccnc2c(NCCc2ccc(Cl)cc2)n1. The Morgan fingerprint density at radius 1 is 1.24 bits per heavy atom. The van der Waals surface area contributed by atoms with E-state index in [1.54, 1.807) is 6.20 Å². The summed E-state index contributed by atoms with van der Waals surface area (Å²) in [5, 5.41) is 7.15. The standard InChI is InChI=1S/C15H16ClN5/c1-17-13-10-21-9-8-19-15(21)14(20-13)18-7-6-11-2-4-12(16)5-3-11/h2-5,8-10,17H,6-7H2,1H3,(H,18,20). The fraction of sp³-hybridized carbons (Fsp3) is 0.200. The molecule has 0 aliphatic heterocycles. The number of hydrogen-bond acceptors (Lipinski definition) is 4. The minimum Gasteiger partial charge on any atom is -0.372 e. The Bertz CT molecular complexity index is 735. The lowest BCUT2D eigenvalue weighted by atomic mass is 10.1. The van der Waals surface area contributed by atoms with Gasteiger partial charge >= 0.3 is 0 Å². The summed E-state index contributed by atoms with van der Waals surface area (Å²) in [5.41, 5.74) is 2.06. The highest BCUT2D eigenvalue weighted by atomic mass is 35.5. The van der Waals surface area contributed by atoms with Gasteiger partial charge in [-0.3, -0.25) is 0 Å². The van der Waals surface area contributed by atoms with Gasteiger partial charge in [-0.2, -0.15) is 0 Å². The highest BCUT2D eigenvalue weighted by Crippen LogP contribution is 2.16. The zero-order valence-electron chi connectivity index (χ0n) is 11.7. The fourth-order valence-electron chi connectivity index (χ4n) is 2.15. The van der Waals surface area contributed by atoms with Gasteiger partial charge in [-0.15, -0.1) is 0 Å². The molecule has 2 heterocycles. The van der Waals surface area contributed by atoms with Gasteiger partial charge in [-0.25, -0.2) is 9.97 Å². The normalized spacial score (nSPS) is 10.8. The zero-order chi connectivity index (χ0) is 14.7. The summed E-state index contributed by atoms with van der Waals surface area (Å²) in [7, 11) is 1.85. The summed E-state index contributed by atoms with van der Waals surface area (Å²) in [5.74, 6) is 1.58. The van der Waals surface area contributed by atoms with Crippen LogP contribution < -0.4 is 10.6 Å². The van der Waals surface area contributed by atoms with E-state index in [0.717, 1.165) is 35.3 Å². The fourth-order valence-corrected chi connectivity index (χ4v) is 2.27. The van der Waals surface area contributed by atoms with Crippen LogP contribution in [0.1, 0.15) is 5.56 Å². The monoisotopic (exact) mass is 301 g/mol. The molecule has 2 aromatic heterocycles. The number of nitrogens with zero attached hydrogens (tertiary/aromatic N) is 3. The molecule has 3 rings (SSSR count). The van der Waals surface area contributed by atoms with E-state index in [1.807, 2.05) is 48.1 Å². The van der Waals surface area contributed by atoms with E-state index < -0.39 is 0 Å². The molecule has 0 unspecified atom stereocenters. The van der Waals surface area contributed by atoms with Crippen LogP contribution >= 0.6 is 11.6 Å². The Balaban J connectivity index is 1.72. The number of anilines is 2. The number of rotatable bonds is 5. The number of halogens is 1. The van der Waals surface area contributed by atoms with Gasteiger partial charge < -0.3 is 15.0 Å². The Morgan fingerprint density at radius 2 is 2.05 bits per heavy atom. The summed E-state index contributed by atoms with van der Waals surface area (Å²) in [4.78, 5) is 8.83. The van der Waals surface area contributed by atoms with Crippen LogP contribution in [-0.4, -0.2) is 28.0 Å². The van der Waals surface area contributed by atoms with Crippen molar-refractivity contribution in [1.29, 1.82) is 0 Å². The Labute approximate surface area is 128 Å². The molecule has 0 aliphatic carbocycles. The van der Waals surface area contributed by atoms with Crippen molar-refractivity contribution in [3.05, 3.63) is 53.4 Å². The second-order valence-corrected chi connectivity index (χ2v) is 5.12. The summed E-state index contributed by atoms with van der Waals surface area (Å²) < 4.78 is 1.95. The van der Waals surface area contributed by atoms with Crippen molar-refractivity contribution in [2.24, 2.45) is 0 Å². The van der Waals surface area contributed by atoms with Crippen LogP contribution in [-0.2, 0) is 6.42 Å². The van der Waals surface area contributed by atoms with Gasteiger partial charge in [-0.1, -0.05) is 23.7 Å². The number of nitrogens with one attached hydrogen (secondary N) is 2. The second kappa shape index (κ2) is 6.01. The Morgan fingerprint density at radius 3 is 2.81 bits per heavy atom. The first kappa shape index (κ1) is 13.7. The molecular formula is C15H16ClN5. The average Bonchev–Trinajstić information content (AvgIpc) is 2.97. The van der Waals surface area contributed by atoms with Gasteiger partial charge in [0.2, 0.25) is 0 Å². The summed E-state index contributed by atoms with van der Waals surface area (Å²) in [6, 6.07) is 7.88. The minimum atomic E-state index is 0.759. The van der Waals surface area contributed by atoms with E-state index >= 15 is 0 Å². The van der Waals surface area contributed by atoms with Crippen molar-refractivity contribution in [3.8, 4) is 0 Å². The Hall–Kier alpha value is -2.27. The third-order valence-corrected chi connectivity index (χ3v) is 3.50. The van der Waals surface area contributed by atoms with Crippen LogP contribution in [0.3, 0.4) is 0 Å². The van der Waals surface area contributed by atoms with Crippen LogP contribution in [0.5, 0.6) is 0 Å². The molecule has 21 heavy (non-hydrogen) atoms. The van der Waals surface area contributed by atoms with Crippen molar-refractivity contribution in [1.82, 2.24) is 14.4 Å². The molecule has 0 fully saturated rings. The zero-order valence-corrected chi connectivity index (χ0v) is 12.4. The topological polar surface area (TPSA) is 54.2 Å². The molecule has 3 aromatic rings. The number of imidazole rings is 1. The van der Waals surface area contributed by atoms with Gasteiger partial charge in [0.05, 0.1) is 6.20 Å². The van der Waals surface area contributed by atoms with Crippen LogP contribution in [0.4, 0.5) is 11.6 Å². The number of aromatic nitrogens is 3. The van der Waals surface area contributed by atoms with Crippen LogP contribution in [0.2, 0.25) is 5.02 Å². The van der Waals surface area contributed by atoms with Crippen LogP contribution in [0, 0.1) is 0 Å². The van der Waals surface area contributed by atoms with E-state index in [1.165, 1.54) is 5.56 Å².